The van der Waals surface area contributed by atoms with E-state index in [0.717, 1.165) is 0 Å². The van der Waals surface area contributed by atoms with Crippen LogP contribution in [0.4, 0.5) is 0 Å². The smallest absolute Gasteiger partial charge is 0.225 e. The Balaban J connectivity index is 3.17. The number of pyridine rings is 1. The van der Waals surface area contributed by atoms with E-state index in [4.69, 9.17) is 23.2 Å². The van der Waals surface area contributed by atoms with Crippen LogP contribution in [0.2, 0.25) is 10.3 Å². The summed E-state index contributed by atoms with van der Waals surface area (Å²) in [5.74, 6) is -0.666. The third kappa shape index (κ3) is 2.03. The maximum Gasteiger partial charge on any atom is 0.225 e. The van der Waals surface area contributed by atoms with Crippen molar-refractivity contribution in [2.24, 2.45) is 0 Å². The van der Waals surface area contributed by atoms with Gasteiger partial charge in [0.05, 0.1) is 0 Å². The molecule has 0 aromatic carbocycles. The van der Waals surface area contributed by atoms with Crippen molar-refractivity contribution in [1.29, 1.82) is 0 Å². The van der Waals surface area contributed by atoms with Gasteiger partial charge in [-0.3, -0.25) is 9.59 Å². The first-order valence-electron chi connectivity index (χ1n) is 2.96. The van der Waals surface area contributed by atoms with Gasteiger partial charge in [0.1, 0.15) is 10.3 Å². The van der Waals surface area contributed by atoms with Crippen molar-refractivity contribution in [2.45, 2.75) is 0 Å². The number of carbonyl (C=O) groups is 2. The largest absolute Gasteiger partial charge is 0.294 e. The molecule has 0 radical (unpaired) electrons. The molecule has 0 spiro atoms. The van der Waals surface area contributed by atoms with Crippen molar-refractivity contribution in [3.63, 3.8) is 0 Å². The predicted molar refractivity (Wildman–Crippen MR) is 44.7 cm³/mol. The van der Waals surface area contributed by atoms with E-state index in [1.165, 1.54) is 12.1 Å². The van der Waals surface area contributed by atoms with Gasteiger partial charge in [-0.25, -0.2) is 4.98 Å². The third-order valence-corrected chi connectivity index (χ3v) is 1.54. The van der Waals surface area contributed by atoms with Crippen LogP contribution < -0.4 is 0 Å². The van der Waals surface area contributed by atoms with Gasteiger partial charge >= 0.3 is 0 Å². The Hall–Kier alpha value is -0.930. The number of aromatic nitrogens is 1. The Morgan fingerprint density at radius 3 is 2.25 bits per heavy atom. The minimum atomic E-state index is -0.666. The molecule has 5 heteroatoms. The lowest BCUT2D eigenvalue weighted by atomic mass is 10.2. The zero-order valence-electron chi connectivity index (χ0n) is 5.75. The molecule has 0 bridgehead atoms. The fraction of sp³-hybridized carbons (Fsp3) is 0. The highest BCUT2D eigenvalue weighted by molar-refractivity contribution is 6.37. The van der Waals surface area contributed by atoms with Gasteiger partial charge in [0.15, 0.2) is 6.29 Å². The van der Waals surface area contributed by atoms with Gasteiger partial charge < -0.3 is 0 Å². The fourth-order valence-electron chi connectivity index (χ4n) is 0.675. The molecule has 1 aromatic heterocycles. The van der Waals surface area contributed by atoms with E-state index in [-0.39, 0.29) is 22.2 Å². The first-order chi connectivity index (χ1) is 5.63. The SMILES string of the molecule is O=CC(=O)c1cc(Cl)nc(Cl)c1. The van der Waals surface area contributed by atoms with E-state index in [1.54, 1.807) is 0 Å². The predicted octanol–water partition coefficient (Wildman–Crippen LogP) is 1.77. The number of Topliss-reactive ketones (excluding diaryl/α,β-unsaturated/α-hetero) is 1. The molecule has 0 atom stereocenters. The van der Waals surface area contributed by atoms with Gasteiger partial charge in [-0.15, -0.1) is 0 Å². The summed E-state index contributed by atoms with van der Waals surface area (Å²) in [6.45, 7) is 0. The van der Waals surface area contributed by atoms with E-state index in [1.807, 2.05) is 0 Å². The number of aldehydes is 1. The highest BCUT2D eigenvalue weighted by Crippen LogP contribution is 2.14. The second kappa shape index (κ2) is 3.65. The second-order valence-corrected chi connectivity index (χ2v) is 2.76. The fourth-order valence-corrected chi connectivity index (χ4v) is 1.14. The molecular formula is C7H3Cl2NO2. The van der Waals surface area contributed by atoms with Gasteiger partial charge in [-0.2, -0.15) is 0 Å². The topological polar surface area (TPSA) is 47.0 Å². The zero-order valence-corrected chi connectivity index (χ0v) is 7.26. The number of hydrogen-bond acceptors (Lipinski definition) is 3. The Morgan fingerprint density at radius 1 is 1.33 bits per heavy atom. The molecule has 0 aliphatic heterocycles. The van der Waals surface area contributed by atoms with Crippen LogP contribution in [0.1, 0.15) is 10.4 Å². The molecule has 0 unspecified atom stereocenters. The molecule has 62 valence electrons. The first-order valence-corrected chi connectivity index (χ1v) is 3.71. The molecule has 0 N–H and O–H groups in total. The first kappa shape index (κ1) is 9.16. The quantitative estimate of drug-likeness (QED) is 0.319. The number of carbonyl (C=O) groups excluding carboxylic acids is 2. The highest BCUT2D eigenvalue weighted by atomic mass is 35.5. The van der Waals surface area contributed by atoms with Gasteiger partial charge in [0, 0.05) is 5.56 Å². The van der Waals surface area contributed by atoms with E-state index >= 15 is 0 Å². The Labute approximate surface area is 78.3 Å². The minimum Gasteiger partial charge on any atom is -0.294 e. The molecule has 0 aliphatic carbocycles. The molecule has 1 rings (SSSR count). The van der Waals surface area contributed by atoms with Crippen molar-refractivity contribution in [2.75, 3.05) is 0 Å². The van der Waals surface area contributed by atoms with E-state index in [9.17, 15) is 9.59 Å². The lowest BCUT2D eigenvalue weighted by molar-refractivity contribution is -0.104. The van der Waals surface area contributed by atoms with Crippen LogP contribution in [0, 0.1) is 0 Å². The number of hydrogen-bond donors (Lipinski definition) is 0. The van der Waals surface area contributed by atoms with Crippen molar-refractivity contribution < 1.29 is 9.59 Å². The van der Waals surface area contributed by atoms with Crippen molar-refractivity contribution >= 4 is 35.3 Å². The van der Waals surface area contributed by atoms with Crippen molar-refractivity contribution in [3.05, 3.63) is 28.0 Å². The average Bonchev–Trinajstić information content (AvgIpc) is 2.01. The van der Waals surface area contributed by atoms with E-state index in [2.05, 4.69) is 4.98 Å². The lowest BCUT2D eigenvalue weighted by Gasteiger charge is -1.95. The second-order valence-electron chi connectivity index (χ2n) is 1.98. The van der Waals surface area contributed by atoms with Crippen LogP contribution in [-0.4, -0.2) is 17.1 Å². The standard InChI is InChI=1S/C7H3Cl2NO2/c8-6-1-4(5(12)3-11)2-7(9)10-6/h1-3H. The summed E-state index contributed by atoms with van der Waals surface area (Å²) in [4.78, 5) is 24.5. The number of rotatable bonds is 2. The van der Waals surface area contributed by atoms with E-state index in [0.29, 0.717) is 0 Å². The molecule has 0 fully saturated rings. The maximum atomic E-state index is 10.8. The lowest BCUT2D eigenvalue weighted by Crippen LogP contribution is -2.00. The molecule has 12 heavy (non-hydrogen) atoms. The summed E-state index contributed by atoms with van der Waals surface area (Å²) in [5.41, 5.74) is 0.148. The number of ketones is 1. The Bertz CT molecular complexity index is 318. The summed E-state index contributed by atoms with van der Waals surface area (Å²) in [6.07, 6.45) is 0.196. The Morgan fingerprint density at radius 2 is 1.83 bits per heavy atom. The zero-order chi connectivity index (χ0) is 9.14. The van der Waals surface area contributed by atoms with Gasteiger partial charge in [0.2, 0.25) is 5.78 Å². The van der Waals surface area contributed by atoms with Crippen LogP contribution in [-0.2, 0) is 4.79 Å². The van der Waals surface area contributed by atoms with Crippen LogP contribution in [0.25, 0.3) is 0 Å². The monoisotopic (exact) mass is 203 g/mol. The maximum absolute atomic E-state index is 10.8. The summed E-state index contributed by atoms with van der Waals surface area (Å²) in [7, 11) is 0. The minimum absolute atomic E-state index is 0.0905. The molecule has 0 saturated carbocycles. The Kier molecular flexibility index (Phi) is 2.78. The van der Waals surface area contributed by atoms with Gasteiger partial charge in [0.25, 0.3) is 0 Å². The van der Waals surface area contributed by atoms with Crippen LogP contribution >= 0.6 is 23.2 Å². The van der Waals surface area contributed by atoms with Gasteiger partial charge in [-0.05, 0) is 12.1 Å². The molecule has 0 amide bonds. The van der Waals surface area contributed by atoms with Gasteiger partial charge in [-0.1, -0.05) is 23.2 Å². The number of halogens is 2. The highest BCUT2D eigenvalue weighted by Gasteiger charge is 2.06. The van der Waals surface area contributed by atoms with E-state index < -0.39 is 5.78 Å². The van der Waals surface area contributed by atoms with Crippen molar-refractivity contribution in [1.82, 2.24) is 4.98 Å². The summed E-state index contributed by atoms with van der Waals surface area (Å²) in [6, 6.07) is 2.56. The molecule has 1 aromatic rings. The third-order valence-electron chi connectivity index (χ3n) is 1.15. The van der Waals surface area contributed by atoms with Crippen molar-refractivity contribution in [3.8, 4) is 0 Å². The molecule has 3 nitrogen and oxygen atoms in total. The summed E-state index contributed by atoms with van der Waals surface area (Å²) in [5, 5.41) is 0.181. The molecule has 0 aliphatic rings. The van der Waals surface area contributed by atoms with Crippen LogP contribution in [0.5, 0.6) is 0 Å². The normalized spacial score (nSPS) is 9.50. The average molecular weight is 204 g/mol. The van der Waals surface area contributed by atoms with Crippen LogP contribution in [0.15, 0.2) is 12.1 Å². The molecule has 1 heterocycles. The number of nitrogens with zero attached hydrogens (tertiary/aromatic N) is 1. The van der Waals surface area contributed by atoms with Crippen LogP contribution in [0.3, 0.4) is 0 Å². The molecular weight excluding hydrogens is 201 g/mol. The summed E-state index contributed by atoms with van der Waals surface area (Å²) >= 11 is 11.0. The summed E-state index contributed by atoms with van der Waals surface area (Å²) < 4.78 is 0. The molecule has 0 saturated heterocycles.